The van der Waals surface area contributed by atoms with Crippen LogP contribution in [0.2, 0.25) is 5.02 Å². The van der Waals surface area contributed by atoms with Crippen LogP contribution in [0.4, 0.5) is 10.1 Å². The van der Waals surface area contributed by atoms with Crippen LogP contribution in [-0.2, 0) is 11.2 Å². The average molecular weight is 334 g/mol. The number of halogens is 2. The van der Waals surface area contributed by atoms with Crippen molar-refractivity contribution in [3.05, 3.63) is 58.4 Å². The van der Waals surface area contributed by atoms with Crippen molar-refractivity contribution < 1.29 is 13.9 Å². The van der Waals surface area contributed by atoms with Gasteiger partial charge in [-0.25, -0.2) is 4.39 Å². The number of hydrogen-bond donors (Lipinski definition) is 0. The summed E-state index contributed by atoms with van der Waals surface area (Å²) in [6.45, 7) is 2.59. The summed E-state index contributed by atoms with van der Waals surface area (Å²) in [4.78, 5) is 14.2. The highest BCUT2D eigenvalue weighted by atomic mass is 35.5. The van der Waals surface area contributed by atoms with Crippen molar-refractivity contribution in [1.29, 1.82) is 0 Å². The molecule has 3 nitrogen and oxygen atoms in total. The average Bonchev–Trinajstić information content (AvgIpc) is 2.53. The van der Waals surface area contributed by atoms with Gasteiger partial charge in [-0.2, -0.15) is 0 Å². The number of fused-ring (bicyclic) bond motifs is 1. The van der Waals surface area contributed by atoms with Crippen LogP contribution in [0.5, 0.6) is 5.75 Å². The molecule has 0 saturated carbocycles. The molecule has 0 bridgehead atoms. The number of ether oxygens (including phenoxy) is 1. The van der Waals surface area contributed by atoms with Gasteiger partial charge in [-0.05, 0) is 49.6 Å². The maximum Gasteiger partial charge on any atom is 0.264 e. The number of nitrogens with zero attached hydrogens (tertiary/aromatic N) is 1. The molecule has 2 aromatic rings. The number of amides is 1. The largest absolute Gasteiger partial charge is 0.482 e. The van der Waals surface area contributed by atoms with Gasteiger partial charge in [0.05, 0.1) is 5.02 Å². The van der Waals surface area contributed by atoms with E-state index in [0.717, 1.165) is 18.5 Å². The molecule has 1 amide bonds. The Kier molecular flexibility index (Phi) is 4.53. The molecule has 0 N–H and O–H groups in total. The van der Waals surface area contributed by atoms with Gasteiger partial charge in [-0.15, -0.1) is 0 Å². The molecule has 0 unspecified atom stereocenters. The summed E-state index contributed by atoms with van der Waals surface area (Å²) >= 11 is 5.91. The van der Waals surface area contributed by atoms with Crippen molar-refractivity contribution in [2.75, 3.05) is 18.1 Å². The monoisotopic (exact) mass is 333 g/mol. The van der Waals surface area contributed by atoms with Crippen LogP contribution in [0.3, 0.4) is 0 Å². The zero-order valence-electron chi connectivity index (χ0n) is 12.8. The van der Waals surface area contributed by atoms with Crippen LogP contribution in [-0.4, -0.2) is 19.1 Å². The summed E-state index contributed by atoms with van der Waals surface area (Å²) in [7, 11) is 0. The molecule has 0 atom stereocenters. The van der Waals surface area contributed by atoms with Crippen molar-refractivity contribution in [3.63, 3.8) is 0 Å². The maximum absolute atomic E-state index is 13.0. The summed E-state index contributed by atoms with van der Waals surface area (Å²) in [6.07, 6.45) is 1.91. The van der Waals surface area contributed by atoms with E-state index in [2.05, 4.69) is 6.07 Å². The van der Waals surface area contributed by atoms with Crippen LogP contribution in [0.1, 0.15) is 17.5 Å². The number of rotatable bonds is 3. The van der Waals surface area contributed by atoms with E-state index >= 15 is 0 Å². The first-order valence-corrected chi connectivity index (χ1v) is 7.90. The fourth-order valence-electron chi connectivity index (χ4n) is 2.79. The first-order chi connectivity index (χ1) is 11.0. The Hall–Kier alpha value is -2.07. The molecule has 0 spiro atoms. The lowest BCUT2D eigenvalue weighted by Gasteiger charge is -2.29. The Morgan fingerprint density at radius 1 is 1.30 bits per heavy atom. The van der Waals surface area contributed by atoms with Crippen molar-refractivity contribution in [1.82, 2.24) is 0 Å². The van der Waals surface area contributed by atoms with Crippen molar-refractivity contribution in [2.24, 2.45) is 0 Å². The topological polar surface area (TPSA) is 29.5 Å². The predicted octanol–water partition coefficient (Wildman–Crippen LogP) is 4.15. The van der Waals surface area contributed by atoms with Crippen molar-refractivity contribution >= 4 is 23.2 Å². The Bertz CT molecular complexity index is 748. The molecule has 2 aromatic carbocycles. The highest BCUT2D eigenvalue weighted by molar-refractivity contribution is 6.32. The van der Waals surface area contributed by atoms with E-state index in [-0.39, 0.29) is 17.5 Å². The zero-order valence-corrected chi connectivity index (χ0v) is 13.6. The standard InChI is InChI=1S/C18H17ClFNO2/c1-12-4-6-16-13(9-12)3-2-8-21(16)18(22)11-23-17-7-5-14(20)10-15(17)19/h4-7,9-10H,2-3,8,11H2,1H3. The molecule has 1 aliphatic heterocycles. The minimum absolute atomic E-state index is 0.126. The van der Waals surface area contributed by atoms with Gasteiger partial charge in [-0.3, -0.25) is 4.79 Å². The fourth-order valence-corrected chi connectivity index (χ4v) is 3.02. The van der Waals surface area contributed by atoms with Crippen molar-refractivity contribution in [3.8, 4) is 5.75 Å². The number of carbonyl (C=O) groups is 1. The van der Waals surface area contributed by atoms with E-state index in [1.165, 1.54) is 29.3 Å². The maximum atomic E-state index is 13.0. The number of aryl methyl sites for hydroxylation is 2. The minimum Gasteiger partial charge on any atom is -0.482 e. The number of hydrogen-bond acceptors (Lipinski definition) is 2. The molecule has 3 rings (SSSR count). The molecule has 0 saturated heterocycles. The lowest BCUT2D eigenvalue weighted by atomic mass is 9.99. The van der Waals surface area contributed by atoms with Crippen molar-refractivity contribution in [2.45, 2.75) is 19.8 Å². The lowest BCUT2D eigenvalue weighted by Crippen LogP contribution is -2.38. The predicted molar refractivity (Wildman–Crippen MR) is 88.8 cm³/mol. The second kappa shape index (κ2) is 6.59. The molecule has 0 aliphatic carbocycles. The Balaban J connectivity index is 1.72. The highest BCUT2D eigenvalue weighted by Gasteiger charge is 2.23. The molecule has 0 radical (unpaired) electrons. The Morgan fingerprint density at radius 3 is 2.91 bits per heavy atom. The molecular weight excluding hydrogens is 317 g/mol. The zero-order chi connectivity index (χ0) is 16.4. The summed E-state index contributed by atoms with van der Waals surface area (Å²) in [5.74, 6) is -0.258. The third kappa shape index (κ3) is 3.48. The van der Waals surface area contributed by atoms with Crippen LogP contribution in [0.25, 0.3) is 0 Å². The number of carbonyl (C=O) groups excluding carboxylic acids is 1. The van der Waals surface area contributed by atoms with Gasteiger partial charge >= 0.3 is 0 Å². The summed E-state index contributed by atoms with van der Waals surface area (Å²) in [6, 6.07) is 9.95. The normalized spacial score (nSPS) is 13.6. The van der Waals surface area contributed by atoms with Gasteiger partial charge in [0.25, 0.3) is 5.91 Å². The third-order valence-electron chi connectivity index (χ3n) is 3.90. The van der Waals surface area contributed by atoms with Crippen LogP contribution < -0.4 is 9.64 Å². The molecule has 1 heterocycles. The van der Waals surface area contributed by atoms with Gasteiger partial charge in [0.1, 0.15) is 11.6 Å². The quantitative estimate of drug-likeness (QED) is 0.844. The van der Waals surface area contributed by atoms with Gasteiger partial charge < -0.3 is 9.64 Å². The number of anilines is 1. The molecule has 23 heavy (non-hydrogen) atoms. The van der Waals surface area contributed by atoms with E-state index in [0.29, 0.717) is 12.3 Å². The smallest absolute Gasteiger partial charge is 0.264 e. The first-order valence-electron chi connectivity index (χ1n) is 7.52. The summed E-state index contributed by atoms with van der Waals surface area (Å²) in [5, 5.41) is 0.160. The minimum atomic E-state index is -0.436. The van der Waals surface area contributed by atoms with E-state index in [1.54, 1.807) is 4.90 Å². The summed E-state index contributed by atoms with van der Waals surface area (Å²) < 4.78 is 18.5. The molecule has 5 heteroatoms. The van der Waals surface area contributed by atoms with E-state index in [4.69, 9.17) is 16.3 Å². The molecule has 0 fully saturated rings. The second-order valence-corrected chi connectivity index (χ2v) is 6.05. The molecular formula is C18H17ClFNO2. The van der Waals surface area contributed by atoms with Gasteiger partial charge in [0.15, 0.2) is 6.61 Å². The summed E-state index contributed by atoms with van der Waals surface area (Å²) in [5.41, 5.74) is 3.32. The molecule has 1 aliphatic rings. The highest BCUT2D eigenvalue weighted by Crippen LogP contribution is 2.29. The Labute approximate surface area is 139 Å². The van der Waals surface area contributed by atoms with Crippen LogP contribution >= 0.6 is 11.6 Å². The number of benzene rings is 2. The van der Waals surface area contributed by atoms with E-state index in [9.17, 15) is 9.18 Å². The SMILES string of the molecule is Cc1ccc2c(c1)CCCN2C(=O)COc1ccc(F)cc1Cl. The van der Waals surface area contributed by atoms with E-state index < -0.39 is 5.82 Å². The van der Waals surface area contributed by atoms with Gasteiger partial charge in [0.2, 0.25) is 0 Å². The second-order valence-electron chi connectivity index (χ2n) is 5.64. The third-order valence-corrected chi connectivity index (χ3v) is 4.20. The lowest BCUT2D eigenvalue weighted by molar-refractivity contribution is -0.120. The first kappa shape index (κ1) is 15.8. The Morgan fingerprint density at radius 2 is 2.13 bits per heavy atom. The van der Waals surface area contributed by atoms with Crippen LogP contribution in [0.15, 0.2) is 36.4 Å². The van der Waals surface area contributed by atoms with Gasteiger partial charge in [0, 0.05) is 12.2 Å². The van der Waals surface area contributed by atoms with Gasteiger partial charge in [-0.1, -0.05) is 29.3 Å². The van der Waals surface area contributed by atoms with E-state index in [1.807, 2.05) is 19.1 Å². The molecule has 0 aromatic heterocycles. The molecule has 120 valence electrons. The fraction of sp³-hybridized carbons (Fsp3) is 0.278. The van der Waals surface area contributed by atoms with Crippen LogP contribution in [0, 0.1) is 12.7 Å².